The number of benzene rings is 1. The molecule has 0 spiro atoms. The number of rotatable bonds is 4. The third kappa shape index (κ3) is 3.46. The molecule has 1 aromatic carbocycles. The van der Waals surface area contributed by atoms with Crippen LogP contribution in [0.25, 0.3) is 0 Å². The number of hydroxylamine groups is 2. The summed E-state index contributed by atoms with van der Waals surface area (Å²) in [5.41, 5.74) is 2.13. The summed E-state index contributed by atoms with van der Waals surface area (Å²) in [5, 5.41) is 1.47. The largest absolute Gasteiger partial charge is 0.457 e. The maximum atomic E-state index is 12.3. The highest BCUT2D eigenvalue weighted by atomic mass is 32.1. The van der Waals surface area contributed by atoms with Crippen LogP contribution in [-0.2, 0) is 21.0 Å². The molecule has 1 aliphatic heterocycles. The van der Waals surface area contributed by atoms with Crippen LogP contribution in [0.1, 0.15) is 19.4 Å². The molecule has 1 heterocycles. The molecule has 1 aliphatic rings. The minimum Gasteiger partial charge on any atom is -0.457 e. The van der Waals surface area contributed by atoms with E-state index < -0.39 is 11.5 Å². The third-order valence-electron chi connectivity index (χ3n) is 3.19. The topological polar surface area (TPSA) is 51.1 Å². The standard InChI is InChI=1S/C15H18N2O3S/c1-10-13(11(2)17(19-3)15(21)16-10)14(18)20-9-12-7-5-4-6-8-12/h4-8,15,21H,9H2,1-3H3. The first-order chi connectivity index (χ1) is 10.0. The van der Waals surface area contributed by atoms with Crippen LogP contribution >= 0.6 is 12.6 Å². The van der Waals surface area contributed by atoms with Gasteiger partial charge in [0.1, 0.15) is 12.2 Å². The van der Waals surface area contributed by atoms with Gasteiger partial charge in [-0.2, -0.15) is 0 Å². The second kappa shape index (κ2) is 6.78. The Morgan fingerprint density at radius 3 is 2.62 bits per heavy atom. The number of carbonyl (C=O) groups excluding carboxylic acids is 1. The zero-order chi connectivity index (χ0) is 15.4. The van der Waals surface area contributed by atoms with Gasteiger partial charge in [0, 0.05) is 0 Å². The first-order valence-corrected chi connectivity index (χ1v) is 7.04. The molecule has 0 radical (unpaired) electrons. The van der Waals surface area contributed by atoms with Crippen molar-refractivity contribution in [3.05, 3.63) is 47.2 Å². The van der Waals surface area contributed by atoms with Crippen LogP contribution in [0.4, 0.5) is 0 Å². The van der Waals surface area contributed by atoms with Crippen molar-refractivity contribution >= 4 is 24.3 Å². The lowest BCUT2D eigenvalue weighted by molar-refractivity contribution is -0.141. The summed E-state index contributed by atoms with van der Waals surface area (Å²) in [4.78, 5) is 21.7. The Kier molecular flexibility index (Phi) is 5.03. The molecule has 6 heteroatoms. The molecular formula is C15H18N2O3S. The molecule has 0 fully saturated rings. The first kappa shape index (κ1) is 15.6. The van der Waals surface area contributed by atoms with Gasteiger partial charge in [-0.3, -0.25) is 9.83 Å². The lowest BCUT2D eigenvalue weighted by atomic mass is 10.1. The van der Waals surface area contributed by atoms with Gasteiger partial charge in [-0.15, -0.1) is 12.6 Å². The Labute approximate surface area is 129 Å². The van der Waals surface area contributed by atoms with E-state index in [9.17, 15) is 4.79 Å². The molecule has 0 aromatic heterocycles. The van der Waals surface area contributed by atoms with Crippen molar-refractivity contribution in [3.63, 3.8) is 0 Å². The SMILES string of the molecule is CON1C(C)=C(C(=O)OCc2ccccc2)C(C)=NC1S. The quantitative estimate of drug-likeness (QED) is 0.686. The Bertz CT molecular complexity index is 584. The van der Waals surface area contributed by atoms with Gasteiger partial charge in [0.25, 0.3) is 0 Å². The second-order valence-corrected chi connectivity index (χ2v) is 5.05. The van der Waals surface area contributed by atoms with Crippen LogP contribution in [0, 0.1) is 0 Å². The average Bonchev–Trinajstić information content (AvgIpc) is 2.46. The van der Waals surface area contributed by atoms with E-state index in [4.69, 9.17) is 9.57 Å². The van der Waals surface area contributed by atoms with E-state index in [1.54, 1.807) is 13.8 Å². The molecule has 1 aromatic rings. The van der Waals surface area contributed by atoms with Crippen molar-refractivity contribution in [3.8, 4) is 0 Å². The Morgan fingerprint density at radius 2 is 2.00 bits per heavy atom. The fraction of sp³-hybridized carbons (Fsp3) is 0.333. The van der Waals surface area contributed by atoms with Gasteiger partial charge in [0.2, 0.25) is 0 Å². The van der Waals surface area contributed by atoms with Gasteiger partial charge in [-0.05, 0) is 19.4 Å². The van der Waals surface area contributed by atoms with Gasteiger partial charge in [-0.25, -0.2) is 9.86 Å². The number of carbonyl (C=O) groups is 1. The van der Waals surface area contributed by atoms with Crippen molar-refractivity contribution in [2.75, 3.05) is 7.11 Å². The normalized spacial score (nSPS) is 18.6. The minimum atomic E-state index is -0.458. The highest BCUT2D eigenvalue weighted by molar-refractivity contribution is 7.80. The van der Waals surface area contributed by atoms with Gasteiger partial charge >= 0.3 is 5.97 Å². The van der Waals surface area contributed by atoms with E-state index in [2.05, 4.69) is 17.6 Å². The highest BCUT2D eigenvalue weighted by Crippen LogP contribution is 2.24. The van der Waals surface area contributed by atoms with E-state index in [1.807, 2.05) is 30.3 Å². The molecular weight excluding hydrogens is 288 g/mol. The molecule has 0 saturated carbocycles. The lowest BCUT2D eigenvalue weighted by Gasteiger charge is -2.31. The minimum absolute atomic E-state index is 0.223. The number of allylic oxidation sites excluding steroid dienone is 1. The molecule has 0 N–H and O–H groups in total. The fourth-order valence-electron chi connectivity index (χ4n) is 2.16. The predicted molar refractivity (Wildman–Crippen MR) is 83.7 cm³/mol. The summed E-state index contributed by atoms with van der Waals surface area (Å²) >= 11 is 4.30. The molecule has 0 bridgehead atoms. The molecule has 21 heavy (non-hydrogen) atoms. The van der Waals surface area contributed by atoms with Crippen molar-refractivity contribution in [2.24, 2.45) is 4.99 Å². The van der Waals surface area contributed by atoms with Crippen molar-refractivity contribution in [2.45, 2.75) is 26.0 Å². The zero-order valence-electron chi connectivity index (χ0n) is 12.2. The summed E-state index contributed by atoms with van der Waals surface area (Å²) in [6.45, 7) is 3.77. The van der Waals surface area contributed by atoms with Crippen LogP contribution in [0.2, 0.25) is 0 Å². The zero-order valence-corrected chi connectivity index (χ0v) is 13.1. The number of thiol groups is 1. The maximum absolute atomic E-state index is 12.3. The number of ether oxygens (including phenoxy) is 1. The Hall–Kier alpha value is -1.79. The summed E-state index contributed by atoms with van der Waals surface area (Å²) in [5.74, 6) is -0.417. The van der Waals surface area contributed by atoms with Crippen molar-refractivity contribution < 1.29 is 14.4 Å². The number of nitrogens with zero attached hydrogens (tertiary/aromatic N) is 2. The van der Waals surface area contributed by atoms with Gasteiger partial charge in [0.05, 0.1) is 18.5 Å². The monoisotopic (exact) mass is 306 g/mol. The molecule has 2 rings (SSSR count). The van der Waals surface area contributed by atoms with Crippen LogP contribution in [0.5, 0.6) is 0 Å². The summed E-state index contributed by atoms with van der Waals surface area (Å²) < 4.78 is 5.35. The fourth-order valence-corrected chi connectivity index (χ4v) is 2.60. The summed E-state index contributed by atoms with van der Waals surface area (Å²) in [7, 11) is 1.51. The molecule has 0 saturated heterocycles. The van der Waals surface area contributed by atoms with E-state index in [0.29, 0.717) is 17.0 Å². The number of hydrogen-bond donors (Lipinski definition) is 1. The smallest absolute Gasteiger partial charge is 0.342 e. The maximum Gasteiger partial charge on any atom is 0.342 e. The predicted octanol–water partition coefficient (Wildman–Crippen LogP) is 2.56. The molecule has 112 valence electrons. The van der Waals surface area contributed by atoms with Crippen LogP contribution < -0.4 is 0 Å². The van der Waals surface area contributed by atoms with Gasteiger partial charge in [0.15, 0.2) is 5.50 Å². The van der Waals surface area contributed by atoms with Crippen LogP contribution in [0.3, 0.4) is 0 Å². The molecule has 1 unspecified atom stereocenters. The molecule has 5 nitrogen and oxygen atoms in total. The Morgan fingerprint density at radius 1 is 1.33 bits per heavy atom. The van der Waals surface area contributed by atoms with E-state index in [1.165, 1.54) is 12.2 Å². The molecule has 0 aliphatic carbocycles. The van der Waals surface area contributed by atoms with Crippen molar-refractivity contribution in [1.82, 2.24) is 5.06 Å². The highest BCUT2D eigenvalue weighted by Gasteiger charge is 2.29. The van der Waals surface area contributed by atoms with E-state index >= 15 is 0 Å². The van der Waals surface area contributed by atoms with Crippen LogP contribution in [0.15, 0.2) is 46.6 Å². The summed E-state index contributed by atoms with van der Waals surface area (Å²) in [6.07, 6.45) is 0. The van der Waals surface area contributed by atoms with E-state index in [0.717, 1.165) is 5.56 Å². The molecule has 1 atom stereocenters. The third-order valence-corrected chi connectivity index (χ3v) is 3.51. The average molecular weight is 306 g/mol. The first-order valence-electron chi connectivity index (χ1n) is 6.52. The number of aliphatic imine (C=N–C) groups is 1. The number of esters is 1. The van der Waals surface area contributed by atoms with Gasteiger partial charge in [-0.1, -0.05) is 30.3 Å². The van der Waals surface area contributed by atoms with Gasteiger partial charge < -0.3 is 4.74 Å². The number of hydrogen-bond acceptors (Lipinski definition) is 6. The van der Waals surface area contributed by atoms with E-state index in [-0.39, 0.29) is 6.61 Å². The lowest BCUT2D eigenvalue weighted by Crippen LogP contribution is -2.35. The Balaban J connectivity index is 2.14. The second-order valence-electron chi connectivity index (χ2n) is 4.59. The summed E-state index contributed by atoms with van der Waals surface area (Å²) in [6, 6.07) is 9.53. The van der Waals surface area contributed by atoms with Crippen LogP contribution in [-0.4, -0.2) is 29.4 Å². The molecule has 0 amide bonds. The van der Waals surface area contributed by atoms with Crippen molar-refractivity contribution in [1.29, 1.82) is 0 Å².